The van der Waals surface area contributed by atoms with E-state index in [-0.39, 0.29) is 0 Å². The van der Waals surface area contributed by atoms with E-state index in [0.717, 1.165) is 6.42 Å². The molecule has 4 heteroatoms. The van der Waals surface area contributed by atoms with Gasteiger partial charge in [-0.05, 0) is 13.3 Å². The number of hydrogen-bond donors (Lipinski definition) is 0. The Labute approximate surface area is 84.5 Å². The van der Waals surface area contributed by atoms with Crippen molar-refractivity contribution in [3.8, 4) is 0 Å². The summed E-state index contributed by atoms with van der Waals surface area (Å²) in [6.45, 7) is 6.67. The molecule has 14 heavy (non-hydrogen) atoms. The quantitative estimate of drug-likeness (QED) is 0.691. The monoisotopic (exact) mass is 202 g/mol. The Hall–Kier alpha value is -0.160. The van der Waals surface area contributed by atoms with Gasteiger partial charge in [-0.2, -0.15) is 0 Å². The van der Waals surface area contributed by atoms with Gasteiger partial charge in [0, 0.05) is 0 Å². The largest absolute Gasteiger partial charge is 0.348 e. The van der Waals surface area contributed by atoms with E-state index < -0.39 is 11.6 Å². The fourth-order valence-electron chi connectivity index (χ4n) is 2.08. The van der Waals surface area contributed by atoms with E-state index in [1.807, 2.05) is 6.92 Å². The lowest BCUT2D eigenvalue weighted by Gasteiger charge is -2.33. The maximum absolute atomic E-state index is 5.63. The highest BCUT2D eigenvalue weighted by molar-refractivity contribution is 4.82. The third-order valence-electron chi connectivity index (χ3n) is 2.84. The second kappa shape index (κ2) is 3.77. The van der Waals surface area contributed by atoms with Crippen LogP contribution in [0.5, 0.6) is 0 Å². The van der Waals surface area contributed by atoms with Crippen LogP contribution in [0.4, 0.5) is 0 Å². The van der Waals surface area contributed by atoms with Gasteiger partial charge in [-0.1, -0.05) is 6.92 Å². The number of ether oxygens (including phenoxy) is 4. The smallest absolute Gasteiger partial charge is 0.173 e. The van der Waals surface area contributed by atoms with Crippen molar-refractivity contribution < 1.29 is 18.9 Å². The second-order valence-electron chi connectivity index (χ2n) is 3.97. The van der Waals surface area contributed by atoms with Crippen LogP contribution in [0.1, 0.15) is 26.7 Å². The molecule has 82 valence electrons. The highest BCUT2D eigenvalue weighted by Crippen LogP contribution is 2.36. The average molecular weight is 202 g/mol. The van der Waals surface area contributed by atoms with Crippen molar-refractivity contribution in [1.29, 1.82) is 0 Å². The lowest BCUT2D eigenvalue weighted by atomic mass is 10.0. The third-order valence-corrected chi connectivity index (χ3v) is 2.84. The average Bonchev–Trinajstić information content (AvgIpc) is 2.76. The molecule has 0 aromatic carbocycles. The summed E-state index contributed by atoms with van der Waals surface area (Å²) in [5.41, 5.74) is 0. The molecular weight excluding hydrogens is 184 g/mol. The van der Waals surface area contributed by atoms with Crippen molar-refractivity contribution in [3.05, 3.63) is 0 Å². The van der Waals surface area contributed by atoms with Crippen LogP contribution >= 0.6 is 0 Å². The lowest BCUT2D eigenvalue weighted by molar-refractivity contribution is -0.242. The first kappa shape index (κ1) is 10.4. The van der Waals surface area contributed by atoms with E-state index in [4.69, 9.17) is 18.9 Å². The maximum Gasteiger partial charge on any atom is 0.173 e. The Morgan fingerprint density at radius 1 is 0.929 bits per heavy atom. The molecule has 0 bridgehead atoms. The highest BCUT2D eigenvalue weighted by Gasteiger charge is 2.45. The van der Waals surface area contributed by atoms with Crippen molar-refractivity contribution in [2.24, 2.45) is 0 Å². The summed E-state index contributed by atoms with van der Waals surface area (Å²) in [5.74, 6) is -1.01. The molecule has 2 fully saturated rings. The van der Waals surface area contributed by atoms with Gasteiger partial charge in [-0.25, -0.2) is 0 Å². The number of rotatable bonds is 3. The summed E-state index contributed by atoms with van der Waals surface area (Å²) in [6.07, 6.45) is 1.48. The molecule has 0 radical (unpaired) electrons. The molecule has 2 heterocycles. The van der Waals surface area contributed by atoms with Crippen LogP contribution in [-0.4, -0.2) is 38.0 Å². The third kappa shape index (κ3) is 1.93. The predicted molar refractivity (Wildman–Crippen MR) is 49.9 cm³/mol. The fourth-order valence-corrected chi connectivity index (χ4v) is 2.08. The molecule has 0 saturated carbocycles. The highest BCUT2D eigenvalue weighted by atomic mass is 16.8. The Morgan fingerprint density at radius 3 is 1.93 bits per heavy atom. The molecule has 0 aromatic rings. The summed E-state index contributed by atoms with van der Waals surface area (Å²) >= 11 is 0. The van der Waals surface area contributed by atoms with E-state index >= 15 is 0 Å². The Morgan fingerprint density at radius 2 is 1.43 bits per heavy atom. The molecule has 2 aliphatic heterocycles. The molecule has 2 saturated heterocycles. The molecule has 2 rings (SSSR count). The molecule has 0 aliphatic carbocycles. The minimum absolute atomic E-state index is 0.487. The summed E-state index contributed by atoms with van der Waals surface area (Å²) in [6, 6.07) is 0. The molecule has 0 aromatic heterocycles. The van der Waals surface area contributed by atoms with Crippen molar-refractivity contribution in [3.63, 3.8) is 0 Å². The van der Waals surface area contributed by atoms with E-state index in [2.05, 4.69) is 6.92 Å². The normalized spacial score (nSPS) is 29.6. The van der Waals surface area contributed by atoms with Gasteiger partial charge in [-0.15, -0.1) is 0 Å². The van der Waals surface area contributed by atoms with Crippen LogP contribution in [0.25, 0.3) is 0 Å². The van der Waals surface area contributed by atoms with Gasteiger partial charge >= 0.3 is 0 Å². The van der Waals surface area contributed by atoms with E-state index in [1.54, 1.807) is 0 Å². The molecule has 4 nitrogen and oxygen atoms in total. The molecule has 0 amide bonds. The van der Waals surface area contributed by atoms with Crippen molar-refractivity contribution in [2.75, 3.05) is 26.4 Å². The minimum atomic E-state index is -0.527. The molecule has 0 spiro atoms. The van der Waals surface area contributed by atoms with Gasteiger partial charge in [0.1, 0.15) is 0 Å². The van der Waals surface area contributed by atoms with Gasteiger partial charge in [0.15, 0.2) is 11.6 Å². The van der Waals surface area contributed by atoms with Crippen molar-refractivity contribution >= 4 is 0 Å². The summed E-state index contributed by atoms with van der Waals surface area (Å²) in [4.78, 5) is 0. The van der Waals surface area contributed by atoms with Crippen LogP contribution in [0.3, 0.4) is 0 Å². The zero-order valence-corrected chi connectivity index (χ0v) is 8.88. The first-order valence-electron chi connectivity index (χ1n) is 5.24. The molecule has 2 aliphatic rings. The summed E-state index contributed by atoms with van der Waals surface area (Å²) in [5, 5.41) is 0. The van der Waals surface area contributed by atoms with Gasteiger partial charge in [0.2, 0.25) is 0 Å². The van der Waals surface area contributed by atoms with Crippen molar-refractivity contribution in [1.82, 2.24) is 0 Å². The van der Waals surface area contributed by atoms with Crippen LogP contribution < -0.4 is 0 Å². The van der Waals surface area contributed by atoms with Crippen LogP contribution in [-0.2, 0) is 18.9 Å². The maximum atomic E-state index is 5.63. The minimum Gasteiger partial charge on any atom is -0.348 e. The van der Waals surface area contributed by atoms with E-state index in [0.29, 0.717) is 32.8 Å². The molecule has 0 unspecified atom stereocenters. The van der Waals surface area contributed by atoms with Gasteiger partial charge in [-0.3, -0.25) is 0 Å². The molecule has 0 atom stereocenters. The fraction of sp³-hybridized carbons (Fsp3) is 1.00. The second-order valence-corrected chi connectivity index (χ2v) is 3.97. The van der Waals surface area contributed by atoms with Crippen molar-refractivity contribution in [2.45, 2.75) is 38.3 Å². The van der Waals surface area contributed by atoms with Gasteiger partial charge in [0.05, 0.1) is 32.8 Å². The van der Waals surface area contributed by atoms with E-state index in [1.165, 1.54) is 0 Å². The predicted octanol–water partition coefficient (Wildman–Crippen LogP) is 1.29. The van der Waals surface area contributed by atoms with Crippen LogP contribution in [0.2, 0.25) is 0 Å². The van der Waals surface area contributed by atoms with Gasteiger partial charge < -0.3 is 18.9 Å². The Balaban J connectivity index is 1.99. The number of hydrogen-bond acceptors (Lipinski definition) is 4. The van der Waals surface area contributed by atoms with E-state index in [9.17, 15) is 0 Å². The molecular formula is C10H18O4. The van der Waals surface area contributed by atoms with Crippen LogP contribution in [0.15, 0.2) is 0 Å². The topological polar surface area (TPSA) is 36.9 Å². The summed E-state index contributed by atoms with van der Waals surface area (Å²) < 4.78 is 22.4. The Kier molecular flexibility index (Phi) is 2.79. The Bertz CT molecular complexity index is 192. The standard InChI is InChI=1S/C10H18O4/c1-3-10(13-6-7-14-10)8-9(2)11-4-5-12-9/h3-8H2,1-2H3. The van der Waals surface area contributed by atoms with Crippen LogP contribution in [0, 0.1) is 0 Å². The SMILES string of the molecule is CCC1(CC2(C)OCCO2)OCCO1. The first-order valence-corrected chi connectivity index (χ1v) is 5.24. The van der Waals surface area contributed by atoms with Gasteiger partial charge in [0.25, 0.3) is 0 Å². The molecule has 0 N–H and O–H groups in total. The summed E-state index contributed by atoms with van der Waals surface area (Å²) in [7, 11) is 0. The zero-order chi connectivity index (χ0) is 10.1. The first-order chi connectivity index (χ1) is 6.68. The lowest BCUT2D eigenvalue weighted by Crippen LogP contribution is -2.40. The zero-order valence-electron chi connectivity index (χ0n) is 8.88.